The Morgan fingerprint density at radius 1 is 1.10 bits per heavy atom. The average Bonchev–Trinajstić information content (AvgIpc) is 2.56. The van der Waals surface area contributed by atoms with E-state index < -0.39 is 11.2 Å². The lowest BCUT2D eigenvalue weighted by Gasteiger charge is -2.22. The molecule has 5 nitrogen and oxygen atoms in total. The van der Waals surface area contributed by atoms with E-state index in [4.69, 9.17) is 4.74 Å². The van der Waals surface area contributed by atoms with Gasteiger partial charge in [-0.15, -0.1) is 0 Å². The molecule has 104 valence electrons. The Bertz CT molecular complexity index is 718. The highest BCUT2D eigenvalue weighted by Crippen LogP contribution is 2.43. The maximum Gasteiger partial charge on any atom is 0.398 e. The Morgan fingerprint density at radius 3 is 2.40 bits per heavy atom. The molecule has 2 heterocycles. The molecular weight excluding hydrogens is 254 g/mol. The Labute approximate surface area is 117 Å². The number of fused-ring (bicyclic) bond motifs is 1. The van der Waals surface area contributed by atoms with Gasteiger partial charge >= 0.3 is 5.82 Å². The summed E-state index contributed by atoms with van der Waals surface area (Å²) in [4.78, 5) is 12.7. The van der Waals surface area contributed by atoms with Crippen LogP contribution in [0.4, 0.5) is 0 Å². The molecule has 20 heavy (non-hydrogen) atoms. The highest BCUT2D eigenvalue weighted by molar-refractivity contribution is 5.51. The molecule has 5 heteroatoms. The van der Waals surface area contributed by atoms with Crippen LogP contribution in [0.1, 0.15) is 39.1 Å². The van der Waals surface area contributed by atoms with Gasteiger partial charge < -0.3 is 4.74 Å². The van der Waals surface area contributed by atoms with E-state index in [9.17, 15) is 4.91 Å². The van der Waals surface area contributed by atoms with Crippen molar-refractivity contribution in [2.24, 2.45) is 0 Å². The first-order valence-electron chi connectivity index (χ1n) is 6.65. The molecule has 0 atom stereocenters. The topological polar surface area (TPSA) is 60.9 Å². The van der Waals surface area contributed by atoms with Gasteiger partial charge in [-0.1, -0.05) is 23.1 Å². The number of ether oxygens (including phenoxy) is 1. The van der Waals surface area contributed by atoms with Crippen LogP contribution < -0.4 is 4.43 Å². The van der Waals surface area contributed by atoms with Crippen molar-refractivity contribution in [3.8, 4) is 11.4 Å². The Balaban J connectivity index is 2.29. The number of hydrogen-bond donors (Lipinski definition) is 1. The van der Waals surface area contributed by atoms with Crippen LogP contribution in [-0.2, 0) is 15.9 Å². The van der Waals surface area contributed by atoms with Gasteiger partial charge in [0.25, 0.3) is 0 Å². The lowest BCUT2D eigenvalue weighted by Crippen LogP contribution is -2.34. The normalized spacial score (nSPS) is 18.8. The first-order chi connectivity index (χ1) is 9.33. The summed E-state index contributed by atoms with van der Waals surface area (Å²) in [6.45, 7) is 7.66. The Kier molecular flexibility index (Phi) is 2.59. The molecule has 3 rings (SSSR count). The minimum Gasteiger partial charge on any atom is -0.354 e. The molecule has 0 saturated heterocycles. The molecule has 1 N–H and O–H groups in total. The molecular formula is C15H18N3O2+. The largest absolute Gasteiger partial charge is 0.398 e. The van der Waals surface area contributed by atoms with Crippen molar-refractivity contribution in [1.82, 2.24) is 10.2 Å². The van der Waals surface area contributed by atoms with Crippen LogP contribution in [0.2, 0.25) is 0 Å². The highest BCUT2D eigenvalue weighted by Gasteiger charge is 2.50. The van der Waals surface area contributed by atoms with Crippen LogP contribution in [0, 0.1) is 4.91 Å². The molecule has 1 aliphatic heterocycles. The molecule has 0 amide bonds. The number of aromatic amines is 1. The van der Waals surface area contributed by atoms with E-state index in [1.165, 1.54) is 0 Å². The smallest absolute Gasteiger partial charge is 0.354 e. The van der Waals surface area contributed by atoms with E-state index in [1.807, 2.05) is 58.0 Å². The van der Waals surface area contributed by atoms with E-state index in [1.54, 1.807) is 0 Å². The first kappa shape index (κ1) is 13.0. The van der Waals surface area contributed by atoms with Gasteiger partial charge in [-0.2, -0.15) is 5.10 Å². The lowest BCUT2D eigenvalue weighted by atomic mass is 10.0. The van der Waals surface area contributed by atoms with Gasteiger partial charge in [-0.05, 0) is 39.8 Å². The van der Waals surface area contributed by atoms with Crippen molar-refractivity contribution in [1.29, 1.82) is 0 Å². The summed E-state index contributed by atoms with van der Waals surface area (Å²) in [6, 6.07) is 9.41. The SMILES string of the molecule is CC1(C)OC(C)(C)c2c1[nH]nc(-c1ccccc1)[n+]2=O. The summed E-state index contributed by atoms with van der Waals surface area (Å²) in [6.07, 6.45) is 0. The van der Waals surface area contributed by atoms with E-state index in [0.29, 0.717) is 11.5 Å². The summed E-state index contributed by atoms with van der Waals surface area (Å²) in [7, 11) is 0. The summed E-state index contributed by atoms with van der Waals surface area (Å²) in [5.41, 5.74) is 0.909. The predicted octanol–water partition coefficient (Wildman–Crippen LogP) is 2.49. The molecule has 0 bridgehead atoms. The molecule has 0 aliphatic carbocycles. The van der Waals surface area contributed by atoms with Gasteiger partial charge in [0.15, 0.2) is 0 Å². The zero-order valence-electron chi connectivity index (χ0n) is 12.1. The van der Waals surface area contributed by atoms with Crippen molar-refractivity contribution in [2.45, 2.75) is 38.9 Å². The molecule has 2 aromatic rings. The van der Waals surface area contributed by atoms with Crippen LogP contribution in [0.25, 0.3) is 11.4 Å². The van der Waals surface area contributed by atoms with Crippen LogP contribution in [0.15, 0.2) is 30.3 Å². The lowest BCUT2D eigenvalue weighted by molar-refractivity contribution is -0.506. The summed E-state index contributed by atoms with van der Waals surface area (Å²) < 4.78 is 6.87. The second-order valence-electron chi connectivity index (χ2n) is 6.05. The molecule has 0 radical (unpaired) electrons. The number of hydrogen-bond acceptors (Lipinski definition) is 3. The summed E-state index contributed by atoms with van der Waals surface area (Å²) >= 11 is 0. The minimum absolute atomic E-state index is 0.360. The molecule has 1 aliphatic rings. The quantitative estimate of drug-likeness (QED) is 0.811. The van der Waals surface area contributed by atoms with Crippen molar-refractivity contribution in [3.05, 3.63) is 46.6 Å². The third-order valence-electron chi connectivity index (χ3n) is 3.62. The standard InChI is InChI=1S/C15H18N3O2/c1-14(2)11-12(15(3,4)20-14)18(19)13(17-16-11)10-8-6-5-7-9-10/h5-9H,1-4H3,(H,16,19)/q+1. The second kappa shape index (κ2) is 3.99. The number of rotatable bonds is 1. The highest BCUT2D eigenvalue weighted by atomic mass is 16.5. The van der Waals surface area contributed by atoms with Gasteiger partial charge in [-0.25, -0.2) is 0 Å². The van der Waals surface area contributed by atoms with Crippen LogP contribution in [0.5, 0.6) is 0 Å². The molecule has 0 unspecified atom stereocenters. The third-order valence-corrected chi connectivity index (χ3v) is 3.62. The van der Waals surface area contributed by atoms with Crippen LogP contribution in [-0.4, -0.2) is 10.2 Å². The number of nitrogens with one attached hydrogen (secondary N) is 1. The maximum atomic E-state index is 12.7. The zero-order valence-corrected chi connectivity index (χ0v) is 12.1. The second-order valence-corrected chi connectivity index (χ2v) is 6.05. The van der Waals surface area contributed by atoms with E-state index >= 15 is 0 Å². The molecule has 1 aromatic carbocycles. The number of H-pyrrole nitrogens is 1. The van der Waals surface area contributed by atoms with Gasteiger partial charge in [0.1, 0.15) is 16.9 Å². The zero-order chi connectivity index (χ0) is 14.5. The van der Waals surface area contributed by atoms with Gasteiger partial charge in [0.2, 0.25) is 5.69 Å². The number of nitrogens with zero attached hydrogens (tertiary/aromatic N) is 2. The van der Waals surface area contributed by atoms with E-state index in [2.05, 4.69) is 10.2 Å². The Morgan fingerprint density at radius 2 is 1.75 bits per heavy atom. The fourth-order valence-electron chi connectivity index (χ4n) is 2.89. The van der Waals surface area contributed by atoms with Gasteiger partial charge in [0, 0.05) is 4.43 Å². The monoisotopic (exact) mass is 272 g/mol. The van der Waals surface area contributed by atoms with E-state index in [-0.39, 0.29) is 0 Å². The minimum atomic E-state index is -0.649. The summed E-state index contributed by atoms with van der Waals surface area (Å²) in [5, 5.41) is 7.23. The third kappa shape index (κ3) is 1.78. The fraction of sp³-hybridized carbons (Fsp3) is 0.400. The number of benzene rings is 1. The molecule has 0 saturated carbocycles. The molecule has 1 aromatic heterocycles. The maximum absolute atomic E-state index is 12.7. The average molecular weight is 272 g/mol. The van der Waals surface area contributed by atoms with Crippen LogP contribution in [0.3, 0.4) is 0 Å². The van der Waals surface area contributed by atoms with Gasteiger partial charge in [-0.3, -0.25) is 0 Å². The van der Waals surface area contributed by atoms with E-state index in [0.717, 1.165) is 15.7 Å². The van der Waals surface area contributed by atoms with Crippen molar-refractivity contribution < 1.29 is 9.16 Å². The first-order valence-corrected chi connectivity index (χ1v) is 6.65. The summed E-state index contributed by atoms with van der Waals surface area (Å²) in [5.74, 6) is 0.360. The Hall–Kier alpha value is -2.01. The van der Waals surface area contributed by atoms with Crippen molar-refractivity contribution >= 4 is 0 Å². The number of aromatic nitrogens is 3. The van der Waals surface area contributed by atoms with Crippen molar-refractivity contribution in [3.63, 3.8) is 0 Å². The molecule has 0 spiro atoms. The van der Waals surface area contributed by atoms with Crippen LogP contribution >= 0.6 is 0 Å². The predicted molar refractivity (Wildman–Crippen MR) is 74.5 cm³/mol. The van der Waals surface area contributed by atoms with Crippen molar-refractivity contribution in [2.75, 3.05) is 0 Å². The fourth-order valence-corrected chi connectivity index (χ4v) is 2.89. The van der Waals surface area contributed by atoms with Gasteiger partial charge in [0.05, 0.1) is 10.7 Å². The molecule has 0 fully saturated rings.